The minimum Gasteiger partial charge on any atom is -0.507 e. The third kappa shape index (κ3) is 3.71. The topological polar surface area (TPSA) is 49.7 Å². The van der Waals surface area contributed by atoms with Gasteiger partial charge in [0.2, 0.25) is 0 Å². The monoisotopic (exact) mass is 232 g/mol. The summed E-state index contributed by atoms with van der Waals surface area (Å²) in [7, 11) is 0. The Kier molecular flexibility index (Phi) is 3.64. The largest absolute Gasteiger partial charge is 0.573 e. The number of aliphatic hydroxyl groups excluding tert-OH is 1. The number of phenolic OH excluding ortho intramolecular Hbond substituents is 1. The van der Waals surface area contributed by atoms with Crippen LogP contribution in [0.3, 0.4) is 0 Å². The number of hydrogen-bond acceptors (Lipinski definition) is 3. The molecule has 2 N–H and O–H groups in total. The van der Waals surface area contributed by atoms with Gasteiger partial charge in [0.05, 0.1) is 5.56 Å². The van der Waals surface area contributed by atoms with Crippen molar-refractivity contribution >= 4 is 0 Å². The standard InChI is InChI=1S/C10H7F3O3/c11-10(12,13)16-8-4-3-7(2-1-5-14)9(15)6-8/h3-4,6,14-15H,5H2. The number of aromatic hydroxyl groups is 1. The van der Waals surface area contributed by atoms with Gasteiger partial charge >= 0.3 is 6.36 Å². The molecule has 1 aromatic carbocycles. The number of phenols is 1. The molecule has 6 heteroatoms. The van der Waals surface area contributed by atoms with Gasteiger partial charge in [0.25, 0.3) is 0 Å². The first kappa shape index (κ1) is 12.2. The fraction of sp³-hybridized carbons (Fsp3) is 0.200. The van der Waals surface area contributed by atoms with E-state index in [2.05, 4.69) is 16.6 Å². The van der Waals surface area contributed by atoms with Crippen molar-refractivity contribution in [3.63, 3.8) is 0 Å². The highest BCUT2D eigenvalue weighted by molar-refractivity contribution is 5.49. The van der Waals surface area contributed by atoms with Crippen molar-refractivity contribution in [3.8, 4) is 23.3 Å². The molecule has 86 valence electrons. The highest BCUT2D eigenvalue weighted by atomic mass is 19.4. The summed E-state index contributed by atoms with van der Waals surface area (Å²) >= 11 is 0. The maximum absolute atomic E-state index is 11.8. The van der Waals surface area contributed by atoms with Crippen LogP contribution in [0.2, 0.25) is 0 Å². The smallest absolute Gasteiger partial charge is 0.507 e. The Bertz CT molecular complexity index is 429. The molecule has 16 heavy (non-hydrogen) atoms. The first-order chi connectivity index (χ1) is 7.42. The lowest BCUT2D eigenvalue weighted by Gasteiger charge is -2.09. The molecule has 0 unspecified atom stereocenters. The molecular formula is C10H7F3O3. The van der Waals surface area contributed by atoms with Gasteiger partial charge in [0, 0.05) is 6.07 Å². The molecule has 0 aliphatic rings. The van der Waals surface area contributed by atoms with Crippen LogP contribution in [0, 0.1) is 11.8 Å². The second-order valence-electron chi connectivity index (χ2n) is 2.69. The predicted molar refractivity (Wildman–Crippen MR) is 48.8 cm³/mol. The molecule has 0 amide bonds. The fourth-order valence-corrected chi connectivity index (χ4v) is 0.949. The number of benzene rings is 1. The van der Waals surface area contributed by atoms with E-state index < -0.39 is 24.5 Å². The summed E-state index contributed by atoms with van der Waals surface area (Å²) in [5.74, 6) is 3.65. The molecule has 0 aromatic heterocycles. The molecule has 3 nitrogen and oxygen atoms in total. The third-order valence-electron chi connectivity index (χ3n) is 1.50. The van der Waals surface area contributed by atoms with Gasteiger partial charge in [0.15, 0.2) is 0 Å². The van der Waals surface area contributed by atoms with Crippen molar-refractivity contribution in [2.75, 3.05) is 6.61 Å². The minimum atomic E-state index is -4.80. The van der Waals surface area contributed by atoms with E-state index in [0.29, 0.717) is 0 Å². The fourth-order valence-electron chi connectivity index (χ4n) is 0.949. The third-order valence-corrected chi connectivity index (χ3v) is 1.50. The van der Waals surface area contributed by atoms with Gasteiger partial charge in [-0.2, -0.15) is 0 Å². The zero-order valence-corrected chi connectivity index (χ0v) is 7.88. The Morgan fingerprint density at radius 1 is 1.31 bits per heavy atom. The number of aliphatic hydroxyl groups is 1. The van der Waals surface area contributed by atoms with E-state index in [0.717, 1.165) is 12.1 Å². The molecule has 0 aliphatic carbocycles. The molecule has 0 saturated carbocycles. The van der Waals surface area contributed by atoms with Gasteiger partial charge in [-0.15, -0.1) is 13.2 Å². The van der Waals surface area contributed by atoms with Crippen molar-refractivity contribution in [1.29, 1.82) is 0 Å². The van der Waals surface area contributed by atoms with Crippen LogP contribution >= 0.6 is 0 Å². The van der Waals surface area contributed by atoms with E-state index in [1.807, 2.05) is 0 Å². The van der Waals surface area contributed by atoms with Gasteiger partial charge in [-0.05, 0) is 12.1 Å². The summed E-state index contributed by atoms with van der Waals surface area (Å²) in [6.45, 7) is -0.403. The number of ether oxygens (including phenoxy) is 1. The van der Waals surface area contributed by atoms with Crippen LogP contribution in [-0.2, 0) is 0 Å². The second kappa shape index (κ2) is 4.77. The zero-order valence-electron chi connectivity index (χ0n) is 7.88. The first-order valence-corrected chi connectivity index (χ1v) is 4.11. The molecular weight excluding hydrogens is 225 g/mol. The van der Waals surface area contributed by atoms with Crippen LogP contribution in [0.5, 0.6) is 11.5 Å². The van der Waals surface area contributed by atoms with Crippen molar-refractivity contribution < 1.29 is 28.1 Å². The summed E-state index contributed by atoms with van der Waals surface area (Å²) in [5, 5.41) is 17.7. The molecule has 0 heterocycles. The van der Waals surface area contributed by atoms with Gasteiger partial charge in [-0.25, -0.2) is 0 Å². The Balaban J connectivity index is 2.91. The SMILES string of the molecule is OCC#Cc1ccc(OC(F)(F)F)cc1O. The Hall–Kier alpha value is -1.87. The molecule has 0 spiro atoms. The molecule has 0 radical (unpaired) electrons. The molecule has 1 rings (SSSR count). The lowest BCUT2D eigenvalue weighted by Crippen LogP contribution is -2.17. The number of rotatable bonds is 1. The van der Waals surface area contributed by atoms with E-state index in [1.165, 1.54) is 6.07 Å². The van der Waals surface area contributed by atoms with E-state index in [-0.39, 0.29) is 5.56 Å². The van der Waals surface area contributed by atoms with Gasteiger partial charge in [-0.3, -0.25) is 0 Å². The maximum atomic E-state index is 11.8. The van der Waals surface area contributed by atoms with Gasteiger partial charge in [-0.1, -0.05) is 11.8 Å². The van der Waals surface area contributed by atoms with Crippen LogP contribution in [0.1, 0.15) is 5.56 Å². The highest BCUT2D eigenvalue weighted by Crippen LogP contribution is 2.27. The molecule has 0 saturated heterocycles. The second-order valence-corrected chi connectivity index (χ2v) is 2.69. The maximum Gasteiger partial charge on any atom is 0.573 e. The molecule has 0 fully saturated rings. The van der Waals surface area contributed by atoms with Crippen LogP contribution < -0.4 is 4.74 Å². The van der Waals surface area contributed by atoms with E-state index >= 15 is 0 Å². The van der Waals surface area contributed by atoms with Gasteiger partial charge in [0.1, 0.15) is 18.1 Å². The minimum absolute atomic E-state index is 0.114. The van der Waals surface area contributed by atoms with E-state index in [4.69, 9.17) is 5.11 Å². The highest BCUT2D eigenvalue weighted by Gasteiger charge is 2.31. The van der Waals surface area contributed by atoms with Crippen LogP contribution in [-0.4, -0.2) is 23.2 Å². The van der Waals surface area contributed by atoms with Crippen LogP contribution in [0.4, 0.5) is 13.2 Å². The van der Waals surface area contributed by atoms with Crippen LogP contribution in [0.25, 0.3) is 0 Å². The normalized spacial score (nSPS) is 10.5. The van der Waals surface area contributed by atoms with E-state index in [9.17, 15) is 18.3 Å². The number of hydrogen-bond donors (Lipinski definition) is 2. The molecule has 0 aliphatic heterocycles. The lowest BCUT2D eigenvalue weighted by atomic mass is 10.2. The van der Waals surface area contributed by atoms with Gasteiger partial charge < -0.3 is 14.9 Å². The van der Waals surface area contributed by atoms with Crippen molar-refractivity contribution in [2.45, 2.75) is 6.36 Å². The number of halogens is 3. The first-order valence-electron chi connectivity index (χ1n) is 4.11. The summed E-state index contributed by atoms with van der Waals surface area (Å²) in [6.07, 6.45) is -4.80. The van der Waals surface area contributed by atoms with Crippen molar-refractivity contribution in [3.05, 3.63) is 23.8 Å². The summed E-state index contributed by atoms with van der Waals surface area (Å²) < 4.78 is 39.0. The lowest BCUT2D eigenvalue weighted by molar-refractivity contribution is -0.274. The van der Waals surface area contributed by atoms with Crippen molar-refractivity contribution in [1.82, 2.24) is 0 Å². The Morgan fingerprint density at radius 2 is 2.00 bits per heavy atom. The predicted octanol–water partition coefficient (Wildman–Crippen LogP) is 1.63. The Morgan fingerprint density at radius 3 is 2.50 bits per heavy atom. The zero-order chi connectivity index (χ0) is 12.2. The summed E-state index contributed by atoms with van der Waals surface area (Å²) in [6, 6.07) is 2.99. The molecule has 1 aromatic rings. The molecule has 0 atom stereocenters. The molecule has 0 bridgehead atoms. The summed E-state index contributed by atoms with van der Waals surface area (Å²) in [5.41, 5.74) is 0.114. The quantitative estimate of drug-likeness (QED) is 0.723. The Labute approximate surface area is 89.1 Å². The van der Waals surface area contributed by atoms with Crippen molar-refractivity contribution in [2.24, 2.45) is 0 Å². The van der Waals surface area contributed by atoms with E-state index in [1.54, 1.807) is 0 Å². The number of alkyl halides is 3. The summed E-state index contributed by atoms with van der Waals surface area (Å²) in [4.78, 5) is 0. The van der Waals surface area contributed by atoms with Crippen LogP contribution in [0.15, 0.2) is 18.2 Å². The average Bonchev–Trinajstić information content (AvgIpc) is 2.14. The average molecular weight is 232 g/mol.